The van der Waals surface area contributed by atoms with Gasteiger partial charge in [0.25, 0.3) is 0 Å². The Bertz CT molecular complexity index is 641. The van der Waals surface area contributed by atoms with E-state index in [9.17, 15) is 0 Å². The van der Waals surface area contributed by atoms with Crippen LogP contribution in [0.25, 0.3) is 11.4 Å². The minimum atomic E-state index is 0.472. The fraction of sp³-hybridized carbons (Fsp3) is 0.286. The molecule has 0 amide bonds. The van der Waals surface area contributed by atoms with Gasteiger partial charge in [0.2, 0.25) is 0 Å². The monoisotopic (exact) mass is 402 g/mol. The number of aromatic nitrogens is 2. The summed E-state index contributed by atoms with van der Waals surface area (Å²) < 4.78 is 12.2. The molecule has 4 nitrogen and oxygen atoms in total. The second kappa shape index (κ2) is 5.73. The van der Waals surface area contributed by atoms with Crippen molar-refractivity contribution >= 4 is 34.2 Å². The van der Waals surface area contributed by atoms with Gasteiger partial charge in [0.1, 0.15) is 5.15 Å². The largest absolute Gasteiger partial charge is 0.490 e. The lowest BCUT2D eigenvalue weighted by Crippen LogP contribution is -1.98. The molecule has 0 radical (unpaired) electrons. The van der Waals surface area contributed by atoms with Crippen LogP contribution >= 0.6 is 34.2 Å². The van der Waals surface area contributed by atoms with Crippen LogP contribution in [0.3, 0.4) is 0 Å². The van der Waals surface area contributed by atoms with Crippen LogP contribution in [-0.2, 0) is 0 Å². The van der Waals surface area contributed by atoms with Crippen molar-refractivity contribution in [1.82, 2.24) is 9.97 Å². The Hall–Kier alpha value is -1.08. The predicted molar refractivity (Wildman–Crippen MR) is 85.5 cm³/mol. The molecule has 1 aliphatic heterocycles. The summed E-state index contributed by atoms with van der Waals surface area (Å²) in [5, 5.41) is 0.472. The quantitative estimate of drug-likeness (QED) is 0.536. The molecule has 6 heteroatoms. The maximum atomic E-state index is 6.12. The third-order valence-corrected chi connectivity index (χ3v) is 4.87. The lowest BCUT2D eigenvalue weighted by atomic mass is 10.2. The molecular weight excluding hydrogens is 391 g/mol. The van der Waals surface area contributed by atoms with Crippen molar-refractivity contribution in [3.05, 3.63) is 32.6 Å². The molecule has 2 heterocycles. The Morgan fingerprint density at radius 1 is 1.15 bits per heavy atom. The number of ether oxygens (including phenoxy) is 2. The molecule has 0 saturated heterocycles. The normalized spacial score (nSPS) is 13.9. The van der Waals surface area contributed by atoms with Gasteiger partial charge in [0, 0.05) is 12.0 Å². The van der Waals surface area contributed by atoms with E-state index in [4.69, 9.17) is 21.1 Å². The summed E-state index contributed by atoms with van der Waals surface area (Å²) in [6, 6.07) is 5.71. The first-order chi connectivity index (χ1) is 9.65. The molecule has 0 fully saturated rings. The number of halogens is 2. The highest BCUT2D eigenvalue weighted by Crippen LogP contribution is 2.34. The molecule has 0 saturated carbocycles. The van der Waals surface area contributed by atoms with E-state index in [1.807, 2.05) is 25.1 Å². The van der Waals surface area contributed by atoms with E-state index in [0.717, 1.165) is 32.7 Å². The Kier molecular flexibility index (Phi) is 3.98. The molecule has 0 unspecified atom stereocenters. The minimum absolute atomic E-state index is 0.472. The molecule has 2 aromatic rings. The molecule has 1 aromatic heterocycles. The number of hydrogen-bond acceptors (Lipinski definition) is 4. The minimum Gasteiger partial charge on any atom is -0.490 e. The average molecular weight is 403 g/mol. The summed E-state index contributed by atoms with van der Waals surface area (Å²) in [6.07, 6.45) is 0.884. The number of nitrogens with zero attached hydrogens (tertiary/aromatic N) is 2. The number of rotatable bonds is 1. The molecule has 0 atom stereocenters. The van der Waals surface area contributed by atoms with E-state index in [0.29, 0.717) is 24.2 Å². The second-order valence-corrected chi connectivity index (χ2v) is 5.89. The zero-order chi connectivity index (χ0) is 14.1. The standard InChI is InChI=1S/C14H12ClIN2O2/c1-8-12(16)13(15)18-14(17-8)9-3-4-10-11(7-9)20-6-2-5-19-10/h3-4,7H,2,5-6H2,1H3. The number of benzene rings is 1. The van der Waals surface area contributed by atoms with Crippen LogP contribution in [0.15, 0.2) is 18.2 Å². The Morgan fingerprint density at radius 3 is 2.65 bits per heavy atom. The Labute approximate surface area is 135 Å². The third kappa shape index (κ3) is 2.69. The first kappa shape index (κ1) is 13.9. The fourth-order valence-corrected chi connectivity index (χ4v) is 2.41. The third-order valence-electron chi connectivity index (χ3n) is 2.98. The van der Waals surface area contributed by atoms with Crippen LogP contribution in [0.2, 0.25) is 5.15 Å². The van der Waals surface area contributed by atoms with E-state index < -0.39 is 0 Å². The van der Waals surface area contributed by atoms with Crippen LogP contribution in [0.4, 0.5) is 0 Å². The highest BCUT2D eigenvalue weighted by Gasteiger charge is 2.14. The van der Waals surface area contributed by atoms with E-state index >= 15 is 0 Å². The summed E-state index contributed by atoms with van der Waals surface area (Å²) >= 11 is 8.27. The van der Waals surface area contributed by atoms with Crippen LogP contribution in [0.5, 0.6) is 11.5 Å². The fourth-order valence-electron chi connectivity index (χ4n) is 1.96. The molecular formula is C14H12ClIN2O2. The molecule has 0 aliphatic carbocycles. The van der Waals surface area contributed by atoms with E-state index in [-0.39, 0.29) is 0 Å². The average Bonchev–Trinajstić information content (AvgIpc) is 2.68. The van der Waals surface area contributed by atoms with Gasteiger partial charge in [-0.25, -0.2) is 9.97 Å². The lowest BCUT2D eigenvalue weighted by molar-refractivity contribution is 0.297. The van der Waals surface area contributed by atoms with Gasteiger partial charge in [-0.3, -0.25) is 0 Å². The molecule has 0 N–H and O–H groups in total. The first-order valence-corrected chi connectivity index (χ1v) is 7.70. The van der Waals surface area contributed by atoms with Gasteiger partial charge in [-0.1, -0.05) is 11.6 Å². The highest BCUT2D eigenvalue weighted by atomic mass is 127. The van der Waals surface area contributed by atoms with E-state index in [1.165, 1.54) is 0 Å². The SMILES string of the molecule is Cc1nc(-c2ccc3c(c2)OCCCO3)nc(Cl)c1I. The van der Waals surface area contributed by atoms with E-state index in [2.05, 4.69) is 32.6 Å². The van der Waals surface area contributed by atoms with E-state index in [1.54, 1.807) is 0 Å². The van der Waals surface area contributed by atoms with Crippen molar-refractivity contribution < 1.29 is 9.47 Å². The van der Waals surface area contributed by atoms with Crippen molar-refractivity contribution in [3.63, 3.8) is 0 Å². The molecule has 1 aromatic carbocycles. The highest BCUT2D eigenvalue weighted by molar-refractivity contribution is 14.1. The molecule has 3 rings (SSSR count). The summed E-state index contributed by atoms with van der Waals surface area (Å²) in [7, 11) is 0. The predicted octanol–water partition coefficient (Wildman–Crippen LogP) is 3.87. The zero-order valence-corrected chi connectivity index (χ0v) is 13.7. The van der Waals surface area contributed by atoms with Crippen LogP contribution in [0.1, 0.15) is 12.1 Å². The topological polar surface area (TPSA) is 44.2 Å². The van der Waals surface area contributed by atoms with Gasteiger partial charge in [0.15, 0.2) is 17.3 Å². The van der Waals surface area contributed by atoms with Gasteiger partial charge >= 0.3 is 0 Å². The maximum absolute atomic E-state index is 6.12. The zero-order valence-electron chi connectivity index (χ0n) is 10.8. The van der Waals surface area contributed by atoms with Crippen molar-refractivity contribution in [3.8, 4) is 22.9 Å². The summed E-state index contributed by atoms with van der Waals surface area (Å²) in [6.45, 7) is 3.25. The van der Waals surface area contributed by atoms with Crippen molar-refractivity contribution in [1.29, 1.82) is 0 Å². The van der Waals surface area contributed by atoms with Crippen molar-refractivity contribution in [2.45, 2.75) is 13.3 Å². The van der Waals surface area contributed by atoms with Crippen LogP contribution < -0.4 is 9.47 Å². The Balaban J connectivity index is 2.04. The Morgan fingerprint density at radius 2 is 1.90 bits per heavy atom. The molecule has 1 aliphatic rings. The van der Waals surface area contributed by atoms with Gasteiger partial charge in [0.05, 0.1) is 22.5 Å². The van der Waals surface area contributed by atoms with Gasteiger partial charge in [-0.15, -0.1) is 0 Å². The molecule has 104 valence electrons. The van der Waals surface area contributed by atoms with Gasteiger partial charge in [-0.05, 0) is 47.7 Å². The lowest BCUT2D eigenvalue weighted by Gasteiger charge is -2.10. The van der Waals surface area contributed by atoms with Crippen molar-refractivity contribution in [2.24, 2.45) is 0 Å². The number of fused-ring (bicyclic) bond motifs is 1. The molecule has 20 heavy (non-hydrogen) atoms. The second-order valence-electron chi connectivity index (χ2n) is 4.45. The number of hydrogen-bond donors (Lipinski definition) is 0. The summed E-state index contributed by atoms with van der Waals surface area (Å²) in [5.74, 6) is 2.10. The van der Waals surface area contributed by atoms with Gasteiger partial charge < -0.3 is 9.47 Å². The van der Waals surface area contributed by atoms with Gasteiger partial charge in [-0.2, -0.15) is 0 Å². The molecule has 0 spiro atoms. The number of aryl methyl sites for hydroxylation is 1. The first-order valence-electron chi connectivity index (χ1n) is 6.25. The summed E-state index contributed by atoms with van der Waals surface area (Å²) in [4.78, 5) is 8.80. The van der Waals surface area contributed by atoms with Crippen molar-refractivity contribution in [2.75, 3.05) is 13.2 Å². The maximum Gasteiger partial charge on any atom is 0.161 e. The van der Waals surface area contributed by atoms with Crippen LogP contribution in [0, 0.1) is 10.5 Å². The smallest absolute Gasteiger partial charge is 0.161 e. The summed E-state index contributed by atoms with van der Waals surface area (Å²) in [5.41, 5.74) is 1.74. The molecule has 0 bridgehead atoms. The van der Waals surface area contributed by atoms with Crippen LogP contribution in [-0.4, -0.2) is 23.2 Å².